The molecule has 2 N–H and O–H groups in total. The minimum absolute atomic E-state index is 0.409. The van der Waals surface area contributed by atoms with E-state index in [2.05, 4.69) is 24.2 Å². The van der Waals surface area contributed by atoms with Crippen LogP contribution in [0.4, 0.5) is 0 Å². The van der Waals surface area contributed by atoms with Crippen molar-refractivity contribution in [2.24, 2.45) is 5.73 Å². The van der Waals surface area contributed by atoms with Gasteiger partial charge in [-0.25, -0.2) is 4.68 Å². The largest absolute Gasteiger partial charge is 0.325 e. The maximum atomic E-state index is 6.05. The Morgan fingerprint density at radius 1 is 1.32 bits per heavy atom. The summed E-state index contributed by atoms with van der Waals surface area (Å²) in [7, 11) is 0. The third-order valence-electron chi connectivity index (χ3n) is 3.40. The van der Waals surface area contributed by atoms with Crippen molar-refractivity contribution in [3.63, 3.8) is 0 Å². The van der Waals surface area contributed by atoms with Crippen molar-refractivity contribution in [2.45, 2.75) is 39.2 Å². The number of aromatic nitrogens is 3. The Labute approximate surface area is 118 Å². The van der Waals surface area contributed by atoms with Crippen molar-refractivity contribution in [2.75, 3.05) is 0 Å². The maximum Gasteiger partial charge on any atom is 0.100 e. The molecular formula is C14H19ClN4. The first kappa shape index (κ1) is 14.0. The van der Waals surface area contributed by atoms with E-state index in [1.54, 1.807) is 0 Å². The molecule has 0 aliphatic heterocycles. The number of rotatable bonds is 5. The van der Waals surface area contributed by atoms with Crippen LogP contribution in [-0.2, 0) is 6.54 Å². The highest BCUT2D eigenvalue weighted by atomic mass is 35.5. The number of nitrogens with zero attached hydrogens (tertiary/aromatic N) is 3. The molecule has 0 bridgehead atoms. The molecule has 0 spiro atoms. The summed E-state index contributed by atoms with van der Waals surface area (Å²) < 4.78 is 1.87. The summed E-state index contributed by atoms with van der Waals surface area (Å²) in [4.78, 5) is 0. The van der Waals surface area contributed by atoms with Gasteiger partial charge in [0.1, 0.15) is 5.69 Å². The molecule has 0 saturated heterocycles. The summed E-state index contributed by atoms with van der Waals surface area (Å²) in [5.41, 5.74) is 8.68. The molecule has 1 heterocycles. The van der Waals surface area contributed by atoms with Crippen molar-refractivity contribution < 1.29 is 0 Å². The number of nitrogens with two attached hydrogens (primary N) is 1. The van der Waals surface area contributed by atoms with Crippen molar-refractivity contribution in [3.8, 4) is 5.69 Å². The zero-order valence-electron chi connectivity index (χ0n) is 11.3. The molecule has 2 aromatic rings. The molecule has 5 heteroatoms. The molecule has 0 aliphatic rings. The van der Waals surface area contributed by atoms with Gasteiger partial charge in [-0.3, -0.25) is 0 Å². The van der Waals surface area contributed by atoms with Gasteiger partial charge >= 0.3 is 0 Å². The number of hydrogen-bond donors (Lipinski definition) is 1. The summed E-state index contributed by atoms with van der Waals surface area (Å²) in [5.74, 6) is 0.410. The van der Waals surface area contributed by atoms with Crippen LogP contribution in [0, 0.1) is 0 Å². The van der Waals surface area contributed by atoms with Crippen LogP contribution in [0.25, 0.3) is 5.69 Å². The van der Waals surface area contributed by atoms with Gasteiger partial charge in [-0.05, 0) is 31.0 Å². The van der Waals surface area contributed by atoms with E-state index in [0.29, 0.717) is 17.5 Å². The molecule has 2 rings (SSSR count). The number of halogens is 1. The van der Waals surface area contributed by atoms with Gasteiger partial charge in [0, 0.05) is 17.5 Å². The Balaban J connectivity index is 2.54. The van der Waals surface area contributed by atoms with Gasteiger partial charge < -0.3 is 5.73 Å². The van der Waals surface area contributed by atoms with Crippen LogP contribution in [0.2, 0.25) is 5.02 Å². The Morgan fingerprint density at radius 2 is 2.05 bits per heavy atom. The molecule has 4 nitrogen and oxygen atoms in total. The lowest BCUT2D eigenvalue weighted by atomic mass is 9.97. The maximum absolute atomic E-state index is 6.05. The minimum Gasteiger partial charge on any atom is -0.325 e. The standard InChI is InChI=1S/C14H19ClN4/c1-3-10(4-2)14-13(9-16)17-18-19(14)12-7-5-6-11(15)8-12/h5-8,10H,3-4,9,16H2,1-2H3. The summed E-state index contributed by atoms with van der Waals surface area (Å²) in [6.07, 6.45) is 2.08. The number of hydrogen-bond acceptors (Lipinski definition) is 3. The van der Waals surface area contributed by atoms with E-state index in [-0.39, 0.29) is 0 Å². The van der Waals surface area contributed by atoms with Crippen molar-refractivity contribution in [1.29, 1.82) is 0 Å². The third-order valence-corrected chi connectivity index (χ3v) is 3.63. The second-order valence-corrected chi connectivity index (χ2v) is 4.97. The van der Waals surface area contributed by atoms with E-state index in [1.807, 2.05) is 28.9 Å². The highest BCUT2D eigenvalue weighted by molar-refractivity contribution is 6.30. The van der Waals surface area contributed by atoms with Gasteiger partial charge in [-0.15, -0.1) is 5.10 Å². The normalized spacial score (nSPS) is 11.2. The number of benzene rings is 1. The third kappa shape index (κ3) is 2.80. The van der Waals surface area contributed by atoms with Crippen molar-refractivity contribution in [1.82, 2.24) is 15.0 Å². The molecule has 1 aromatic carbocycles. The first-order valence-corrected chi connectivity index (χ1v) is 6.99. The molecular weight excluding hydrogens is 260 g/mol. The molecule has 0 amide bonds. The lowest BCUT2D eigenvalue weighted by Crippen LogP contribution is -2.10. The molecule has 0 atom stereocenters. The van der Waals surface area contributed by atoms with Gasteiger partial charge in [0.05, 0.1) is 11.4 Å². The summed E-state index contributed by atoms with van der Waals surface area (Å²) in [6.45, 7) is 4.75. The Bertz CT molecular complexity index is 546. The van der Waals surface area contributed by atoms with Crippen LogP contribution in [0.15, 0.2) is 24.3 Å². The van der Waals surface area contributed by atoms with Crippen LogP contribution in [-0.4, -0.2) is 15.0 Å². The first-order valence-electron chi connectivity index (χ1n) is 6.61. The van der Waals surface area contributed by atoms with E-state index < -0.39 is 0 Å². The van der Waals surface area contributed by atoms with Gasteiger partial charge in [-0.1, -0.05) is 36.7 Å². The molecule has 1 aromatic heterocycles. The minimum atomic E-state index is 0.409. The second kappa shape index (κ2) is 6.17. The van der Waals surface area contributed by atoms with E-state index >= 15 is 0 Å². The highest BCUT2D eigenvalue weighted by Crippen LogP contribution is 2.27. The summed E-state index contributed by atoms with van der Waals surface area (Å²) in [6, 6.07) is 7.63. The molecule has 0 fully saturated rings. The fourth-order valence-electron chi connectivity index (χ4n) is 2.35. The Hall–Kier alpha value is -1.39. The average molecular weight is 279 g/mol. The molecule has 0 unspecified atom stereocenters. The van der Waals surface area contributed by atoms with Gasteiger partial charge in [0.25, 0.3) is 0 Å². The van der Waals surface area contributed by atoms with E-state index in [4.69, 9.17) is 17.3 Å². The van der Waals surface area contributed by atoms with Crippen LogP contribution in [0.3, 0.4) is 0 Å². The molecule has 102 valence electrons. The fourth-order valence-corrected chi connectivity index (χ4v) is 2.53. The molecule has 19 heavy (non-hydrogen) atoms. The average Bonchev–Trinajstić information content (AvgIpc) is 2.84. The van der Waals surface area contributed by atoms with E-state index in [9.17, 15) is 0 Å². The zero-order valence-corrected chi connectivity index (χ0v) is 12.1. The van der Waals surface area contributed by atoms with E-state index in [1.165, 1.54) is 0 Å². The lowest BCUT2D eigenvalue weighted by Gasteiger charge is -2.15. The molecule has 0 aliphatic carbocycles. The summed E-state index contributed by atoms with van der Waals surface area (Å²) in [5, 5.41) is 9.14. The first-order chi connectivity index (χ1) is 9.21. The van der Waals surface area contributed by atoms with Gasteiger partial charge in [-0.2, -0.15) is 0 Å². The SMILES string of the molecule is CCC(CC)c1c(CN)nnn1-c1cccc(Cl)c1. The van der Waals surface area contributed by atoms with Crippen LogP contribution >= 0.6 is 11.6 Å². The van der Waals surface area contributed by atoms with Gasteiger partial charge in [0.15, 0.2) is 0 Å². The lowest BCUT2D eigenvalue weighted by molar-refractivity contribution is 0.590. The molecule has 0 radical (unpaired) electrons. The predicted octanol–water partition coefficient (Wildman–Crippen LogP) is 3.28. The second-order valence-electron chi connectivity index (χ2n) is 4.53. The monoisotopic (exact) mass is 278 g/mol. The summed E-state index contributed by atoms with van der Waals surface area (Å²) >= 11 is 6.05. The van der Waals surface area contributed by atoms with Gasteiger partial charge in [0.2, 0.25) is 0 Å². The van der Waals surface area contributed by atoms with Crippen LogP contribution < -0.4 is 5.73 Å². The van der Waals surface area contributed by atoms with Crippen LogP contribution in [0.5, 0.6) is 0 Å². The Morgan fingerprint density at radius 3 is 2.63 bits per heavy atom. The quantitative estimate of drug-likeness (QED) is 0.913. The van der Waals surface area contributed by atoms with Crippen molar-refractivity contribution >= 4 is 11.6 Å². The van der Waals surface area contributed by atoms with E-state index in [0.717, 1.165) is 29.9 Å². The predicted molar refractivity (Wildman–Crippen MR) is 77.6 cm³/mol. The zero-order chi connectivity index (χ0) is 13.8. The molecule has 0 saturated carbocycles. The highest BCUT2D eigenvalue weighted by Gasteiger charge is 2.20. The Kier molecular flexibility index (Phi) is 4.56. The smallest absolute Gasteiger partial charge is 0.100 e. The topological polar surface area (TPSA) is 56.7 Å². The fraction of sp³-hybridized carbons (Fsp3) is 0.429. The van der Waals surface area contributed by atoms with Crippen molar-refractivity contribution in [3.05, 3.63) is 40.7 Å². The van der Waals surface area contributed by atoms with Crippen LogP contribution in [0.1, 0.15) is 44.0 Å².